The van der Waals surface area contributed by atoms with Gasteiger partial charge in [-0.1, -0.05) is 42.5 Å². The van der Waals surface area contributed by atoms with Crippen LogP contribution in [0.25, 0.3) is 22.6 Å². The van der Waals surface area contributed by atoms with Crippen LogP contribution in [0.3, 0.4) is 0 Å². The summed E-state index contributed by atoms with van der Waals surface area (Å²) in [4.78, 5) is 44.8. The van der Waals surface area contributed by atoms with Crippen molar-refractivity contribution in [1.82, 2.24) is 30.2 Å². The first kappa shape index (κ1) is 24.3. The van der Waals surface area contributed by atoms with Crippen LogP contribution < -0.4 is 10.6 Å². The number of hydrogen-bond donors (Lipinski definition) is 3. The van der Waals surface area contributed by atoms with Crippen LogP contribution in [0.5, 0.6) is 0 Å². The molecule has 5 aromatic rings. The number of fused-ring (bicyclic) bond motifs is 1. The molecule has 1 saturated heterocycles. The van der Waals surface area contributed by atoms with Crippen LogP contribution in [0.1, 0.15) is 33.8 Å². The lowest BCUT2D eigenvalue weighted by molar-refractivity contribution is 0.0692. The van der Waals surface area contributed by atoms with Gasteiger partial charge in [-0.25, -0.2) is 15.0 Å². The van der Waals surface area contributed by atoms with E-state index in [4.69, 9.17) is 0 Å². The molecule has 4 heterocycles. The Balaban J connectivity index is 1.06. The summed E-state index contributed by atoms with van der Waals surface area (Å²) in [6.45, 7) is 1.06. The average Bonchev–Trinajstić information content (AvgIpc) is 3.43. The summed E-state index contributed by atoms with van der Waals surface area (Å²) in [6.07, 6.45) is 1.31. The monoisotopic (exact) mass is 517 g/mol. The maximum Gasteiger partial charge on any atom is 0.272 e. The summed E-state index contributed by atoms with van der Waals surface area (Å²) in [5.41, 5.74) is 4.02. The van der Waals surface area contributed by atoms with Crippen LogP contribution in [-0.2, 0) is 0 Å². The lowest BCUT2D eigenvalue weighted by Gasteiger charge is -2.32. The summed E-state index contributed by atoms with van der Waals surface area (Å²) in [7, 11) is 0. The predicted molar refractivity (Wildman–Crippen MR) is 150 cm³/mol. The van der Waals surface area contributed by atoms with Crippen LogP contribution in [0.15, 0.2) is 91.0 Å². The van der Waals surface area contributed by atoms with Gasteiger partial charge in [0.2, 0.25) is 0 Å². The summed E-state index contributed by atoms with van der Waals surface area (Å²) >= 11 is 0. The van der Waals surface area contributed by atoms with Crippen molar-refractivity contribution >= 4 is 34.4 Å². The van der Waals surface area contributed by atoms with Crippen LogP contribution >= 0.6 is 0 Å². The van der Waals surface area contributed by atoms with Crippen molar-refractivity contribution in [1.29, 1.82) is 0 Å². The average molecular weight is 518 g/mol. The van der Waals surface area contributed by atoms with Crippen molar-refractivity contribution < 1.29 is 9.59 Å². The molecule has 1 aliphatic heterocycles. The smallest absolute Gasteiger partial charge is 0.272 e. The third kappa shape index (κ3) is 5.47. The second-order valence-electron chi connectivity index (χ2n) is 9.45. The van der Waals surface area contributed by atoms with Gasteiger partial charge in [0.05, 0.1) is 11.0 Å². The number of nitrogens with zero attached hydrogens (tertiary/aromatic N) is 4. The maximum atomic E-state index is 13.2. The summed E-state index contributed by atoms with van der Waals surface area (Å²) in [5.74, 6) is 0.881. The molecule has 0 radical (unpaired) electrons. The quantitative estimate of drug-likeness (QED) is 0.298. The van der Waals surface area contributed by atoms with Gasteiger partial charge >= 0.3 is 0 Å². The van der Waals surface area contributed by atoms with E-state index < -0.39 is 0 Å². The Hall–Kier alpha value is -5.05. The first-order valence-electron chi connectivity index (χ1n) is 12.9. The molecule has 2 amide bonds. The molecule has 3 N–H and O–H groups in total. The molecule has 0 spiro atoms. The molecule has 9 heteroatoms. The standard InChI is InChI=1S/C30H27N7O2/c38-29(25-13-7-15-27(34-25)31-20-8-2-1-3-9-20)32-21-16-18-37(19-17-21)30(39)26-14-6-12-24(33-26)28-35-22-10-4-5-11-23(22)36-28/h1-15,21H,16-19H2,(H,31,34)(H,32,38)(H,35,36). The molecule has 0 atom stereocenters. The van der Waals surface area contributed by atoms with Crippen LogP contribution in [-0.4, -0.2) is 55.8 Å². The van der Waals surface area contributed by atoms with E-state index >= 15 is 0 Å². The number of piperidine rings is 1. The van der Waals surface area contributed by atoms with E-state index in [0.717, 1.165) is 16.7 Å². The summed E-state index contributed by atoms with van der Waals surface area (Å²) in [6, 6.07) is 28.1. The SMILES string of the molecule is O=C(NC1CCN(C(=O)c2cccc(-c3nc4ccccc4[nH]3)n2)CC1)c1cccc(Nc2ccccc2)n1. The molecule has 3 aromatic heterocycles. The highest BCUT2D eigenvalue weighted by Crippen LogP contribution is 2.21. The lowest BCUT2D eigenvalue weighted by Crippen LogP contribution is -2.46. The van der Waals surface area contributed by atoms with Crippen molar-refractivity contribution in [3.8, 4) is 11.5 Å². The van der Waals surface area contributed by atoms with Gasteiger partial charge in [-0.15, -0.1) is 0 Å². The number of aromatic amines is 1. The largest absolute Gasteiger partial charge is 0.348 e. The number of likely N-dealkylation sites (tertiary alicyclic amines) is 1. The van der Waals surface area contributed by atoms with Gasteiger partial charge < -0.3 is 20.5 Å². The van der Waals surface area contributed by atoms with Crippen LogP contribution in [0, 0.1) is 0 Å². The molecule has 1 fully saturated rings. The fourth-order valence-corrected chi connectivity index (χ4v) is 4.71. The summed E-state index contributed by atoms with van der Waals surface area (Å²) < 4.78 is 0. The Morgan fingerprint density at radius 1 is 0.769 bits per heavy atom. The second-order valence-corrected chi connectivity index (χ2v) is 9.45. The van der Waals surface area contributed by atoms with E-state index in [2.05, 4.69) is 30.6 Å². The number of H-pyrrole nitrogens is 1. The Kier molecular flexibility index (Phi) is 6.69. The predicted octanol–water partition coefficient (Wildman–Crippen LogP) is 4.80. The number of amides is 2. The first-order chi connectivity index (χ1) is 19.1. The highest BCUT2D eigenvalue weighted by Gasteiger charge is 2.26. The minimum atomic E-state index is -0.225. The van der Waals surface area contributed by atoms with E-state index in [1.54, 1.807) is 23.1 Å². The summed E-state index contributed by atoms with van der Waals surface area (Å²) in [5, 5.41) is 6.28. The highest BCUT2D eigenvalue weighted by molar-refractivity contribution is 5.94. The Morgan fingerprint density at radius 2 is 1.51 bits per heavy atom. The number of hydrogen-bond acceptors (Lipinski definition) is 6. The highest BCUT2D eigenvalue weighted by atomic mass is 16.2. The van der Waals surface area contributed by atoms with Gasteiger partial charge in [0, 0.05) is 24.8 Å². The fraction of sp³-hybridized carbons (Fsp3) is 0.167. The molecule has 1 aliphatic rings. The van der Waals surface area contributed by atoms with Gasteiger partial charge in [0.25, 0.3) is 11.8 Å². The number of nitrogens with one attached hydrogen (secondary N) is 3. The number of para-hydroxylation sites is 3. The number of aromatic nitrogens is 4. The molecule has 0 unspecified atom stereocenters. The molecule has 2 aromatic carbocycles. The van der Waals surface area contributed by atoms with Crippen LogP contribution in [0.2, 0.25) is 0 Å². The Labute approximate surface area is 225 Å². The molecule has 0 saturated carbocycles. The Morgan fingerprint density at radius 3 is 2.33 bits per heavy atom. The number of carbonyl (C=O) groups excluding carboxylic acids is 2. The number of pyridine rings is 2. The topological polar surface area (TPSA) is 116 Å². The zero-order valence-corrected chi connectivity index (χ0v) is 21.2. The van der Waals surface area contributed by atoms with E-state index in [-0.39, 0.29) is 17.9 Å². The van der Waals surface area contributed by atoms with Gasteiger partial charge in [0.1, 0.15) is 22.9 Å². The van der Waals surface area contributed by atoms with E-state index in [0.29, 0.717) is 54.7 Å². The van der Waals surface area contributed by atoms with Crippen molar-refractivity contribution in [2.45, 2.75) is 18.9 Å². The van der Waals surface area contributed by atoms with Gasteiger partial charge in [0.15, 0.2) is 5.82 Å². The maximum absolute atomic E-state index is 13.2. The molecule has 9 nitrogen and oxygen atoms in total. The van der Waals surface area contributed by atoms with Crippen molar-refractivity contribution in [3.05, 3.63) is 102 Å². The number of benzene rings is 2. The van der Waals surface area contributed by atoms with Gasteiger partial charge in [-0.05, 0) is 61.4 Å². The van der Waals surface area contributed by atoms with Gasteiger partial charge in [-0.3, -0.25) is 9.59 Å². The fourth-order valence-electron chi connectivity index (χ4n) is 4.71. The molecule has 39 heavy (non-hydrogen) atoms. The van der Waals surface area contributed by atoms with E-state index in [1.165, 1.54) is 0 Å². The Bertz CT molecular complexity index is 1590. The molecule has 0 aliphatic carbocycles. The normalized spacial score (nSPS) is 13.8. The van der Waals surface area contributed by atoms with Crippen LogP contribution in [0.4, 0.5) is 11.5 Å². The molecule has 6 rings (SSSR count). The molecule has 194 valence electrons. The number of rotatable bonds is 6. The number of carbonyl (C=O) groups is 2. The minimum Gasteiger partial charge on any atom is -0.348 e. The lowest BCUT2D eigenvalue weighted by atomic mass is 10.0. The zero-order valence-electron chi connectivity index (χ0n) is 21.2. The molecule has 0 bridgehead atoms. The van der Waals surface area contributed by atoms with Crippen molar-refractivity contribution in [2.24, 2.45) is 0 Å². The third-order valence-electron chi connectivity index (χ3n) is 6.75. The van der Waals surface area contributed by atoms with E-state index in [9.17, 15) is 9.59 Å². The first-order valence-corrected chi connectivity index (χ1v) is 12.9. The number of imidazole rings is 1. The second kappa shape index (κ2) is 10.7. The number of anilines is 2. The van der Waals surface area contributed by atoms with E-state index in [1.807, 2.05) is 72.8 Å². The third-order valence-corrected chi connectivity index (χ3v) is 6.75. The van der Waals surface area contributed by atoms with Crippen molar-refractivity contribution in [3.63, 3.8) is 0 Å². The van der Waals surface area contributed by atoms with Crippen molar-refractivity contribution in [2.75, 3.05) is 18.4 Å². The molecular weight excluding hydrogens is 490 g/mol. The molecular formula is C30H27N7O2. The minimum absolute atomic E-state index is 0.0380. The van der Waals surface area contributed by atoms with Gasteiger partial charge in [-0.2, -0.15) is 0 Å². The zero-order chi connectivity index (χ0) is 26.6.